The minimum Gasteiger partial charge on any atom is -0.343 e. The van der Waals surface area contributed by atoms with E-state index in [2.05, 4.69) is 5.32 Å². The fraction of sp³-hybridized carbons (Fsp3) is 0.158. The summed E-state index contributed by atoms with van der Waals surface area (Å²) in [5.74, 6) is -6.99. The fourth-order valence-corrected chi connectivity index (χ4v) is 2.73. The number of carbonyl (C=O) groups excluding carboxylic acids is 4. The monoisotopic (exact) mass is 405 g/mol. The average molecular weight is 405 g/mol. The molecule has 7 nitrogen and oxygen atoms in total. The highest BCUT2D eigenvalue weighted by atomic mass is 19.2. The van der Waals surface area contributed by atoms with Gasteiger partial charge in [-0.2, -0.15) is 0 Å². The van der Waals surface area contributed by atoms with Crippen LogP contribution in [0.5, 0.6) is 0 Å². The lowest BCUT2D eigenvalue weighted by Crippen LogP contribution is -2.33. The van der Waals surface area contributed by atoms with Gasteiger partial charge < -0.3 is 10.6 Å². The van der Waals surface area contributed by atoms with Crippen molar-refractivity contribution in [2.45, 2.75) is 12.8 Å². The maximum atomic E-state index is 13.6. The van der Waals surface area contributed by atoms with Crippen LogP contribution in [0.3, 0.4) is 0 Å². The first-order valence-corrected chi connectivity index (χ1v) is 8.45. The van der Waals surface area contributed by atoms with Gasteiger partial charge in [0, 0.05) is 18.4 Å². The predicted molar refractivity (Wildman–Crippen MR) is 95.4 cm³/mol. The summed E-state index contributed by atoms with van der Waals surface area (Å²) < 4.78 is 39.6. The Morgan fingerprint density at radius 2 is 1.66 bits per heavy atom. The summed E-state index contributed by atoms with van der Waals surface area (Å²) >= 11 is 0. The van der Waals surface area contributed by atoms with Crippen molar-refractivity contribution in [3.8, 4) is 0 Å². The molecule has 150 valence electrons. The smallest absolute Gasteiger partial charge is 0.251 e. The molecule has 0 unspecified atom stereocenters. The van der Waals surface area contributed by atoms with Crippen molar-refractivity contribution < 1.29 is 32.3 Å². The molecule has 1 saturated heterocycles. The lowest BCUT2D eigenvalue weighted by molar-refractivity contribution is -0.121. The average Bonchev–Trinajstić information content (AvgIpc) is 3.05. The molecule has 2 aromatic carbocycles. The van der Waals surface area contributed by atoms with E-state index in [9.17, 15) is 32.3 Å². The first kappa shape index (κ1) is 20.1. The highest BCUT2D eigenvalue weighted by Gasteiger charge is 2.30. The van der Waals surface area contributed by atoms with Crippen molar-refractivity contribution in [2.24, 2.45) is 0 Å². The molecule has 0 radical (unpaired) electrons. The van der Waals surface area contributed by atoms with Gasteiger partial charge in [-0.3, -0.25) is 24.1 Å². The van der Waals surface area contributed by atoms with Gasteiger partial charge in [-0.25, -0.2) is 13.2 Å². The number of benzene rings is 2. The van der Waals surface area contributed by atoms with Crippen LogP contribution in [0, 0.1) is 17.5 Å². The van der Waals surface area contributed by atoms with Crippen molar-refractivity contribution in [2.75, 3.05) is 16.8 Å². The van der Waals surface area contributed by atoms with Crippen LogP contribution in [-0.4, -0.2) is 30.2 Å². The van der Waals surface area contributed by atoms with Gasteiger partial charge >= 0.3 is 0 Å². The highest BCUT2D eigenvalue weighted by molar-refractivity contribution is 6.20. The Kier molecular flexibility index (Phi) is 5.62. The van der Waals surface area contributed by atoms with Crippen molar-refractivity contribution in [3.63, 3.8) is 0 Å². The first-order chi connectivity index (χ1) is 13.8. The summed E-state index contributed by atoms with van der Waals surface area (Å²) in [4.78, 5) is 48.7. The van der Waals surface area contributed by atoms with Crippen molar-refractivity contribution in [1.82, 2.24) is 5.32 Å². The molecule has 0 spiro atoms. The third kappa shape index (κ3) is 4.26. The van der Waals surface area contributed by atoms with Gasteiger partial charge in [-0.1, -0.05) is 6.07 Å². The second kappa shape index (κ2) is 8.13. The van der Waals surface area contributed by atoms with Crippen LogP contribution in [-0.2, 0) is 14.4 Å². The molecule has 0 bridgehead atoms. The molecule has 0 aliphatic carbocycles. The molecule has 1 aliphatic heterocycles. The maximum absolute atomic E-state index is 13.6. The number of halogens is 3. The Labute approximate surface area is 162 Å². The van der Waals surface area contributed by atoms with Gasteiger partial charge in [0.2, 0.25) is 17.7 Å². The molecular weight excluding hydrogens is 391 g/mol. The van der Waals surface area contributed by atoms with E-state index in [-0.39, 0.29) is 35.9 Å². The van der Waals surface area contributed by atoms with Crippen molar-refractivity contribution >= 4 is 35.0 Å². The van der Waals surface area contributed by atoms with Crippen LogP contribution in [0.15, 0.2) is 36.4 Å². The number of nitrogens with one attached hydrogen (secondary N) is 2. The number of amides is 4. The fourth-order valence-electron chi connectivity index (χ4n) is 2.73. The summed E-state index contributed by atoms with van der Waals surface area (Å²) in [5.41, 5.74) is -0.253. The Hall–Kier alpha value is -3.69. The molecule has 2 N–H and O–H groups in total. The first-order valence-electron chi connectivity index (χ1n) is 8.45. The minimum absolute atomic E-state index is 0.0850. The van der Waals surface area contributed by atoms with Gasteiger partial charge in [0.1, 0.15) is 0 Å². The zero-order valence-electron chi connectivity index (χ0n) is 14.8. The van der Waals surface area contributed by atoms with E-state index >= 15 is 0 Å². The van der Waals surface area contributed by atoms with Crippen LogP contribution in [0.1, 0.15) is 23.2 Å². The molecule has 29 heavy (non-hydrogen) atoms. The second-order valence-electron chi connectivity index (χ2n) is 6.13. The third-order valence-electron chi connectivity index (χ3n) is 4.14. The number of imide groups is 1. The van der Waals surface area contributed by atoms with E-state index in [0.29, 0.717) is 6.07 Å². The molecule has 0 saturated carbocycles. The van der Waals surface area contributed by atoms with E-state index in [1.807, 2.05) is 5.32 Å². The molecule has 0 aromatic heterocycles. The van der Waals surface area contributed by atoms with E-state index in [4.69, 9.17) is 0 Å². The molecule has 10 heteroatoms. The minimum atomic E-state index is -1.73. The molecular formula is C19H14F3N3O4. The molecule has 3 rings (SSSR count). The standard InChI is InChI=1S/C19H14F3N3O4/c20-12-4-5-13(18(22)17(12)21)24-14(26)9-23-19(29)10-2-1-3-11(8-10)25-15(27)6-7-16(25)28/h1-5,8H,6-7,9H2,(H,23,29)(H,24,26). The third-order valence-corrected chi connectivity index (χ3v) is 4.14. The molecule has 0 atom stereocenters. The quantitative estimate of drug-likeness (QED) is 0.589. The van der Waals surface area contributed by atoms with E-state index in [0.717, 1.165) is 11.0 Å². The summed E-state index contributed by atoms with van der Waals surface area (Å²) in [5, 5.41) is 4.29. The van der Waals surface area contributed by atoms with E-state index < -0.39 is 41.5 Å². The van der Waals surface area contributed by atoms with Gasteiger partial charge in [-0.15, -0.1) is 0 Å². The predicted octanol–water partition coefficient (Wildman–Crippen LogP) is 2.13. The van der Waals surface area contributed by atoms with Crippen LogP contribution in [0.2, 0.25) is 0 Å². The Balaban J connectivity index is 1.63. The molecule has 1 heterocycles. The van der Waals surface area contributed by atoms with Crippen molar-refractivity contribution in [1.29, 1.82) is 0 Å². The summed E-state index contributed by atoms with van der Waals surface area (Å²) in [6.45, 7) is -0.580. The Morgan fingerprint density at radius 3 is 2.34 bits per heavy atom. The highest BCUT2D eigenvalue weighted by Crippen LogP contribution is 2.23. The maximum Gasteiger partial charge on any atom is 0.251 e. The van der Waals surface area contributed by atoms with Gasteiger partial charge in [-0.05, 0) is 30.3 Å². The summed E-state index contributed by atoms with van der Waals surface area (Å²) in [7, 11) is 0. The van der Waals surface area contributed by atoms with Gasteiger partial charge in [0.15, 0.2) is 17.5 Å². The zero-order valence-corrected chi connectivity index (χ0v) is 14.8. The molecule has 1 fully saturated rings. The lowest BCUT2D eigenvalue weighted by Gasteiger charge is -2.15. The normalized spacial score (nSPS) is 13.6. The zero-order chi connectivity index (χ0) is 21.1. The number of hydrogen-bond donors (Lipinski definition) is 2. The van der Waals surface area contributed by atoms with Crippen LogP contribution in [0.25, 0.3) is 0 Å². The van der Waals surface area contributed by atoms with Crippen LogP contribution < -0.4 is 15.5 Å². The van der Waals surface area contributed by atoms with Gasteiger partial charge in [0.05, 0.1) is 17.9 Å². The van der Waals surface area contributed by atoms with Crippen LogP contribution >= 0.6 is 0 Å². The number of anilines is 2. The van der Waals surface area contributed by atoms with E-state index in [1.165, 1.54) is 24.3 Å². The number of nitrogens with zero attached hydrogens (tertiary/aromatic N) is 1. The van der Waals surface area contributed by atoms with E-state index in [1.54, 1.807) is 0 Å². The van der Waals surface area contributed by atoms with Crippen LogP contribution in [0.4, 0.5) is 24.5 Å². The SMILES string of the molecule is O=C(CNC(=O)c1cccc(N2C(=O)CCC2=O)c1)Nc1ccc(F)c(F)c1F. The molecule has 1 aliphatic rings. The second-order valence-corrected chi connectivity index (χ2v) is 6.13. The van der Waals surface area contributed by atoms with Gasteiger partial charge in [0.25, 0.3) is 5.91 Å². The molecule has 2 aromatic rings. The summed E-state index contributed by atoms with van der Waals surface area (Å²) in [6.07, 6.45) is 0.186. The van der Waals surface area contributed by atoms with Crippen molar-refractivity contribution in [3.05, 3.63) is 59.4 Å². The Bertz CT molecular complexity index is 1010. The Morgan fingerprint density at radius 1 is 0.966 bits per heavy atom. The topological polar surface area (TPSA) is 95.6 Å². The lowest BCUT2D eigenvalue weighted by atomic mass is 10.1. The number of rotatable bonds is 5. The molecule has 4 amide bonds. The largest absolute Gasteiger partial charge is 0.343 e. The number of hydrogen-bond acceptors (Lipinski definition) is 4. The number of carbonyl (C=O) groups is 4. The summed E-state index contributed by atoms with van der Waals surface area (Å²) in [6, 6.07) is 7.20.